The van der Waals surface area contributed by atoms with E-state index in [2.05, 4.69) is 5.32 Å². The fourth-order valence-corrected chi connectivity index (χ4v) is 2.71. The van der Waals surface area contributed by atoms with Gasteiger partial charge in [0.25, 0.3) is 0 Å². The lowest BCUT2D eigenvalue weighted by atomic mass is 10.0. The van der Waals surface area contributed by atoms with E-state index in [1.165, 1.54) is 6.42 Å². The topological polar surface area (TPSA) is 50.8 Å². The van der Waals surface area contributed by atoms with Crippen LogP contribution in [-0.4, -0.2) is 63.4 Å². The van der Waals surface area contributed by atoms with E-state index in [4.69, 9.17) is 9.47 Å². The summed E-state index contributed by atoms with van der Waals surface area (Å²) in [6.07, 6.45) is 3.63. The van der Waals surface area contributed by atoms with Crippen LogP contribution in [0.5, 0.6) is 0 Å². The summed E-state index contributed by atoms with van der Waals surface area (Å²) in [7, 11) is 3.75. The highest BCUT2D eigenvalue weighted by molar-refractivity contribution is 5.79. The molecule has 2 heterocycles. The maximum atomic E-state index is 12.3. The van der Waals surface area contributed by atoms with E-state index in [1.807, 2.05) is 14.1 Å². The Labute approximate surface area is 109 Å². The van der Waals surface area contributed by atoms with E-state index in [0.717, 1.165) is 19.4 Å². The molecular weight excluding hydrogens is 232 g/mol. The third-order valence-corrected chi connectivity index (χ3v) is 3.90. The van der Waals surface area contributed by atoms with Crippen LogP contribution in [0.15, 0.2) is 0 Å². The largest absolute Gasteiger partial charge is 0.379 e. The second-order valence-corrected chi connectivity index (χ2v) is 5.25. The smallest absolute Gasteiger partial charge is 0.229 e. The summed E-state index contributed by atoms with van der Waals surface area (Å²) in [4.78, 5) is 14.1. The van der Waals surface area contributed by atoms with E-state index < -0.39 is 0 Å². The summed E-state index contributed by atoms with van der Waals surface area (Å²) < 4.78 is 11.1. The van der Waals surface area contributed by atoms with Gasteiger partial charge in [-0.1, -0.05) is 0 Å². The molecule has 2 aliphatic heterocycles. The number of carbonyl (C=O) groups is 1. The minimum atomic E-state index is -0.0522. The Hall–Kier alpha value is -0.650. The molecule has 2 rings (SSSR count). The monoisotopic (exact) mass is 256 g/mol. The molecule has 0 aliphatic carbocycles. The van der Waals surface area contributed by atoms with Crippen molar-refractivity contribution < 1.29 is 14.3 Å². The van der Waals surface area contributed by atoms with Crippen molar-refractivity contribution in [3.63, 3.8) is 0 Å². The van der Waals surface area contributed by atoms with E-state index >= 15 is 0 Å². The number of nitrogens with one attached hydrogen (secondary N) is 1. The van der Waals surface area contributed by atoms with Crippen molar-refractivity contribution in [1.29, 1.82) is 0 Å². The summed E-state index contributed by atoms with van der Waals surface area (Å²) in [5, 5.41) is 3.15. The van der Waals surface area contributed by atoms with Crippen molar-refractivity contribution >= 4 is 5.91 Å². The van der Waals surface area contributed by atoms with Gasteiger partial charge in [-0.3, -0.25) is 4.79 Å². The third kappa shape index (κ3) is 3.22. The van der Waals surface area contributed by atoms with E-state index in [1.54, 1.807) is 4.90 Å². The molecule has 0 bridgehead atoms. The Morgan fingerprint density at radius 2 is 2.22 bits per heavy atom. The van der Waals surface area contributed by atoms with Gasteiger partial charge in [-0.2, -0.15) is 0 Å². The number of hydrogen-bond donors (Lipinski definition) is 1. The van der Waals surface area contributed by atoms with Crippen molar-refractivity contribution in [3.05, 3.63) is 0 Å². The van der Waals surface area contributed by atoms with Gasteiger partial charge in [-0.15, -0.1) is 0 Å². The summed E-state index contributed by atoms with van der Waals surface area (Å²) in [5.74, 6) is 0.115. The fourth-order valence-electron chi connectivity index (χ4n) is 2.71. The maximum absolute atomic E-state index is 12.3. The van der Waals surface area contributed by atoms with Crippen molar-refractivity contribution in [2.24, 2.45) is 5.92 Å². The van der Waals surface area contributed by atoms with Crippen molar-refractivity contribution in [2.75, 3.05) is 40.5 Å². The van der Waals surface area contributed by atoms with Gasteiger partial charge in [0, 0.05) is 26.2 Å². The summed E-state index contributed by atoms with van der Waals surface area (Å²) >= 11 is 0. The van der Waals surface area contributed by atoms with Crippen molar-refractivity contribution in [3.8, 4) is 0 Å². The van der Waals surface area contributed by atoms with Crippen LogP contribution in [-0.2, 0) is 14.3 Å². The molecule has 0 aromatic rings. The number of ether oxygens (including phenoxy) is 2. The Morgan fingerprint density at radius 1 is 1.39 bits per heavy atom. The summed E-state index contributed by atoms with van der Waals surface area (Å²) in [6.45, 7) is 2.69. The fraction of sp³-hybridized carbons (Fsp3) is 0.923. The quantitative estimate of drug-likeness (QED) is 0.783. The standard InChI is InChI=1S/C13H24N2O3/c1-14-12-9-17-8-11(12)13(16)15(2)7-10-5-3-4-6-18-10/h10-12,14H,3-9H2,1-2H3. The van der Waals surface area contributed by atoms with Gasteiger partial charge in [-0.05, 0) is 26.3 Å². The SMILES string of the molecule is CNC1COCC1C(=O)N(C)CC1CCCCO1. The number of amides is 1. The number of likely N-dealkylation sites (N-methyl/N-ethyl adjacent to an activating group) is 2. The Balaban J connectivity index is 1.83. The van der Waals surface area contributed by atoms with Gasteiger partial charge >= 0.3 is 0 Å². The van der Waals surface area contributed by atoms with Gasteiger partial charge in [0.1, 0.15) is 0 Å². The third-order valence-electron chi connectivity index (χ3n) is 3.90. The molecule has 2 saturated heterocycles. The van der Waals surface area contributed by atoms with Crippen LogP contribution >= 0.6 is 0 Å². The highest BCUT2D eigenvalue weighted by Gasteiger charge is 2.35. The van der Waals surface area contributed by atoms with Gasteiger partial charge in [0.2, 0.25) is 5.91 Å². The summed E-state index contributed by atoms with van der Waals surface area (Å²) in [5.41, 5.74) is 0. The molecule has 1 amide bonds. The molecule has 0 radical (unpaired) electrons. The minimum Gasteiger partial charge on any atom is -0.379 e. The van der Waals surface area contributed by atoms with E-state index in [0.29, 0.717) is 19.8 Å². The first kappa shape index (κ1) is 13.8. The molecule has 2 aliphatic rings. The normalized spacial score (nSPS) is 32.4. The van der Waals surface area contributed by atoms with Gasteiger partial charge in [0.15, 0.2) is 0 Å². The van der Waals surface area contributed by atoms with Crippen LogP contribution in [0.2, 0.25) is 0 Å². The lowest BCUT2D eigenvalue weighted by molar-refractivity contribution is -0.137. The van der Waals surface area contributed by atoms with Crippen molar-refractivity contribution in [1.82, 2.24) is 10.2 Å². The first-order chi connectivity index (χ1) is 8.72. The molecule has 0 aromatic heterocycles. The Kier molecular flexibility index (Phi) is 4.97. The number of rotatable bonds is 4. The molecule has 18 heavy (non-hydrogen) atoms. The van der Waals surface area contributed by atoms with Gasteiger partial charge < -0.3 is 19.7 Å². The van der Waals surface area contributed by atoms with Crippen LogP contribution in [0.3, 0.4) is 0 Å². The average molecular weight is 256 g/mol. The van der Waals surface area contributed by atoms with Gasteiger partial charge in [-0.25, -0.2) is 0 Å². The number of carbonyl (C=O) groups excluding carboxylic acids is 1. The van der Waals surface area contributed by atoms with Gasteiger partial charge in [0.05, 0.1) is 25.2 Å². The highest BCUT2D eigenvalue weighted by Crippen LogP contribution is 2.18. The molecule has 1 N–H and O–H groups in total. The molecule has 3 atom stereocenters. The minimum absolute atomic E-state index is 0.0522. The van der Waals surface area contributed by atoms with Crippen LogP contribution in [0, 0.1) is 5.92 Å². The second-order valence-electron chi connectivity index (χ2n) is 5.25. The second kappa shape index (κ2) is 6.50. The first-order valence-electron chi connectivity index (χ1n) is 6.84. The predicted molar refractivity (Wildman–Crippen MR) is 68.4 cm³/mol. The zero-order valence-corrected chi connectivity index (χ0v) is 11.4. The molecule has 0 aromatic carbocycles. The average Bonchev–Trinajstić information content (AvgIpc) is 2.87. The van der Waals surface area contributed by atoms with E-state index in [9.17, 15) is 4.79 Å². The molecule has 2 fully saturated rings. The zero-order chi connectivity index (χ0) is 13.0. The van der Waals surface area contributed by atoms with Crippen molar-refractivity contribution in [2.45, 2.75) is 31.4 Å². The first-order valence-corrected chi connectivity index (χ1v) is 6.84. The van der Waals surface area contributed by atoms with Crippen LogP contribution in [0.4, 0.5) is 0 Å². The predicted octanol–water partition coefficient (Wildman–Crippen LogP) is 0.248. The lowest BCUT2D eigenvalue weighted by Crippen LogP contribution is -2.46. The molecular formula is C13H24N2O3. The highest BCUT2D eigenvalue weighted by atomic mass is 16.5. The zero-order valence-electron chi connectivity index (χ0n) is 11.4. The Morgan fingerprint density at radius 3 is 2.89 bits per heavy atom. The number of nitrogens with zero attached hydrogens (tertiary/aromatic N) is 1. The maximum Gasteiger partial charge on any atom is 0.229 e. The van der Waals surface area contributed by atoms with Crippen LogP contribution in [0.1, 0.15) is 19.3 Å². The van der Waals surface area contributed by atoms with E-state index in [-0.39, 0.29) is 24.0 Å². The molecule has 3 unspecified atom stereocenters. The molecule has 5 nitrogen and oxygen atoms in total. The lowest BCUT2D eigenvalue weighted by Gasteiger charge is -2.29. The molecule has 0 saturated carbocycles. The van der Waals surface area contributed by atoms with Crippen LogP contribution < -0.4 is 5.32 Å². The molecule has 0 spiro atoms. The van der Waals surface area contributed by atoms with Crippen LogP contribution in [0.25, 0.3) is 0 Å². The molecule has 5 heteroatoms. The number of hydrogen-bond acceptors (Lipinski definition) is 4. The summed E-state index contributed by atoms with van der Waals surface area (Å²) in [6, 6.07) is 0.146. The molecule has 104 valence electrons. The Bertz CT molecular complexity index is 279.